The molecule has 0 radical (unpaired) electrons. The molecule has 0 unspecified atom stereocenters. The minimum atomic E-state index is -0.929. The molecule has 2 amide bonds. The number of carbonyl (C=O) groups is 3. The predicted octanol–water partition coefficient (Wildman–Crippen LogP) is 4.10. The van der Waals surface area contributed by atoms with Gasteiger partial charge in [-0.3, -0.25) is 14.4 Å². The molecule has 2 aromatic carbocycles. The van der Waals surface area contributed by atoms with Gasteiger partial charge in [0.15, 0.2) is 0 Å². The number of hydrogen-bond acceptors (Lipinski definition) is 5. The fourth-order valence-corrected chi connectivity index (χ4v) is 3.64. The van der Waals surface area contributed by atoms with Gasteiger partial charge in [-0.15, -0.1) is 0 Å². The molecular weight excluding hydrogens is 452 g/mol. The second kappa shape index (κ2) is 13.0. The summed E-state index contributed by atoms with van der Waals surface area (Å²) >= 11 is 7.47. The zero-order valence-corrected chi connectivity index (χ0v) is 19.6. The minimum Gasteiger partial charge on any atom is -0.497 e. The third-order valence-electron chi connectivity index (χ3n) is 4.74. The summed E-state index contributed by atoms with van der Waals surface area (Å²) in [7, 11) is 1.55. The van der Waals surface area contributed by atoms with E-state index in [2.05, 4.69) is 5.32 Å². The number of benzene rings is 2. The van der Waals surface area contributed by atoms with Crippen LogP contribution in [-0.2, 0) is 9.59 Å². The number of nitrogens with one attached hydrogen (secondary N) is 1. The molecule has 32 heavy (non-hydrogen) atoms. The molecule has 0 aliphatic rings. The van der Waals surface area contributed by atoms with Crippen molar-refractivity contribution >= 4 is 46.8 Å². The highest BCUT2D eigenvalue weighted by atomic mass is 35.5. The number of aliphatic carboxylic acids is 1. The van der Waals surface area contributed by atoms with Gasteiger partial charge in [-0.1, -0.05) is 11.6 Å². The van der Waals surface area contributed by atoms with Gasteiger partial charge in [0.2, 0.25) is 5.91 Å². The van der Waals surface area contributed by atoms with Crippen LogP contribution in [0.1, 0.15) is 29.6 Å². The van der Waals surface area contributed by atoms with Crippen molar-refractivity contribution in [1.82, 2.24) is 5.32 Å². The Balaban J connectivity index is 2.26. The molecule has 2 rings (SSSR count). The largest absolute Gasteiger partial charge is 0.497 e. The van der Waals surface area contributed by atoms with E-state index >= 15 is 0 Å². The van der Waals surface area contributed by atoms with Gasteiger partial charge in [-0.2, -0.15) is 11.8 Å². The average Bonchev–Trinajstić information content (AvgIpc) is 2.79. The number of halogens is 1. The van der Waals surface area contributed by atoms with Crippen molar-refractivity contribution in [3.8, 4) is 5.75 Å². The smallest absolute Gasteiger partial charge is 0.303 e. The fraction of sp³-hybridized carbons (Fsp3) is 0.348. The van der Waals surface area contributed by atoms with E-state index in [1.54, 1.807) is 67.4 Å². The zero-order valence-electron chi connectivity index (χ0n) is 18.0. The Kier molecular flexibility index (Phi) is 10.4. The molecule has 0 heterocycles. The Morgan fingerprint density at radius 3 is 2.34 bits per heavy atom. The van der Waals surface area contributed by atoms with Crippen LogP contribution in [0.3, 0.4) is 0 Å². The number of ether oxygens (including phenoxy) is 1. The number of carboxylic acid groups (broad SMARTS) is 1. The molecule has 0 saturated heterocycles. The Hall–Kier alpha value is -2.71. The molecule has 172 valence electrons. The van der Waals surface area contributed by atoms with Crippen molar-refractivity contribution in [3.63, 3.8) is 0 Å². The number of amides is 2. The van der Waals surface area contributed by atoms with Crippen LogP contribution in [0.25, 0.3) is 0 Å². The van der Waals surface area contributed by atoms with Gasteiger partial charge in [0.25, 0.3) is 5.91 Å². The van der Waals surface area contributed by atoms with Crippen LogP contribution < -0.4 is 15.0 Å². The summed E-state index contributed by atoms with van der Waals surface area (Å²) in [5.41, 5.74) is 1.01. The van der Waals surface area contributed by atoms with E-state index in [1.807, 2.05) is 6.26 Å². The third kappa shape index (κ3) is 7.76. The van der Waals surface area contributed by atoms with E-state index in [-0.39, 0.29) is 31.2 Å². The van der Waals surface area contributed by atoms with Gasteiger partial charge in [-0.25, -0.2) is 0 Å². The van der Waals surface area contributed by atoms with Crippen molar-refractivity contribution in [2.45, 2.75) is 25.3 Å². The number of rotatable bonds is 12. The molecule has 7 nitrogen and oxygen atoms in total. The van der Waals surface area contributed by atoms with Gasteiger partial charge in [-0.05, 0) is 73.4 Å². The maximum absolute atomic E-state index is 13.5. The Morgan fingerprint density at radius 2 is 1.78 bits per heavy atom. The molecule has 9 heteroatoms. The maximum Gasteiger partial charge on any atom is 0.303 e. The number of methoxy groups -OCH3 is 1. The molecule has 0 aromatic heterocycles. The predicted molar refractivity (Wildman–Crippen MR) is 128 cm³/mol. The first-order chi connectivity index (χ1) is 15.3. The Bertz CT molecular complexity index is 906. The van der Waals surface area contributed by atoms with Crippen molar-refractivity contribution in [2.75, 3.05) is 30.6 Å². The molecule has 0 spiro atoms. The van der Waals surface area contributed by atoms with Gasteiger partial charge < -0.3 is 20.1 Å². The lowest BCUT2D eigenvalue weighted by molar-refractivity contribution is -0.137. The van der Waals surface area contributed by atoms with E-state index in [9.17, 15) is 14.4 Å². The SMILES string of the molecule is COc1ccc(N(CCCC(=O)O)C(=O)[C@H](CCSC)NC(=O)c2ccc(Cl)cc2)cc1. The third-order valence-corrected chi connectivity index (χ3v) is 5.64. The monoisotopic (exact) mass is 478 g/mol. The first kappa shape index (κ1) is 25.5. The van der Waals surface area contributed by atoms with Gasteiger partial charge in [0.1, 0.15) is 11.8 Å². The molecular formula is C23H27ClN2O5S. The van der Waals surface area contributed by atoms with Crippen LogP contribution >= 0.6 is 23.4 Å². The summed E-state index contributed by atoms with van der Waals surface area (Å²) in [5, 5.41) is 12.4. The number of carboxylic acids is 1. The Labute approximate surface area is 197 Å². The first-order valence-electron chi connectivity index (χ1n) is 10.1. The van der Waals surface area contributed by atoms with E-state index < -0.39 is 12.0 Å². The van der Waals surface area contributed by atoms with Gasteiger partial charge in [0, 0.05) is 29.2 Å². The minimum absolute atomic E-state index is 0.0629. The second-order valence-corrected chi connectivity index (χ2v) is 8.42. The molecule has 1 atom stereocenters. The first-order valence-corrected chi connectivity index (χ1v) is 11.9. The Morgan fingerprint density at radius 1 is 1.12 bits per heavy atom. The standard InChI is InChI=1S/C23H27ClN2O5S/c1-31-19-11-9-18(10-12-19)26(14-3-4-21(27)28)23(30)20(13-15-32-2)25-22(29)16-5-7-17(24)8-6-16/h5-12,20H,3-4,13-15H2,1-2H3,(H,25,29)(H,27,28)/t20-/m0/s1. The van der Waals surface area contributed by atoms with E-state index in [4.69, 9.17) is 21.4 Å². The second-order valence-electron chi connectivity index (χ2n) is 7.00. The van der Waals surface area contributed by atoms with Crippen LogP contribution in [0.5, 0.6) is 5.75 Å². The van der Waals surface area contributed by atoms with Crippen molar-refractivity contribution in [1.29, 1.82) is 0 Å². The highest BCUT2D eigenvalue weighted by molar-refractivity contribution is 7.98. The van der Waals surface area contributed by atoms with E-state index in [0.717, 1.165) is 0 Å². The van der Waals surface area contributed by atoms with Crippen molar-refractivity contribution < 1.29 is 24.2 Å². The number of hydrogen-bond donors (Lipinski definition) is 2. The average molecular weight is 479 g/mol. The zero-order chi connectivity index (χ0) is 23.5. The topological polar surface area (TPSA) is 95.9 Å². The van der Waals surface area contributed by atoms with Crippen LogP contribution in [0, 0.1) is 0 Å². The molecule has 0 aliphatic heterocycles. The van der Waals surface area contributed by atoms with Crippen molar-refractivity contribution in [2.24, 2.45) is 0 Å². The summed E-state index contributed by atoms with van der Waals surface area (Å²) in [4.78, 5) is 38.8. The van der Waals surface area contributed by atoms with E-state index in [0.29, 0.717) is 34.2 Å². The van der Waals surface area contributed by atoms with Gasteiger partial charge in [0.05, 0.1) is 7.11 Å². The summed E-state index contributed by atoms with van der Waals surface area (Å²) in [6.45, 7) is 0.212. The highest BCUT2D eigenvalue weighted by Gasteiger charge is 2.27. The maximum atomic E-state index is 13.5. The molecule has 2 N–H and O–H groups in total. The molecule has 0 bridgehead atoms. The summed E-state index contributed by atoms with van der Waals surface area (Å²) < 4.78 is 5.18. The highest BCUT2D eigenvalue weighted by Crippen LogP contribution is 2.22. The van der Waals surface area contributed by atoms with E-state index in [1.165, 1.54) is 4.90 Å². The number of nitrogens with zero attached hydrogens (tertiary/aromatic N) is 1. The van der Waals surface area contributed by atoms with Crippen LogP contribution in [0.2, 0.25) is 5.02 Å². The quantitative estimate of drug-likeness (QED) is 0.477. The lowest BCUT2D eigenvalue weighted by Gasteiger charge is -2.28. The number of anilines is 1. The molecule has 2 aromatic rings. The lowest BCUT2D eigenvalue weighted by Crippen LogP contribution is -2.49. The molecule has 0 aliphatic carbocycles. The van der Waals surface area contributed by atoms with Crippen LogP contribution in [-0.4, -0.2) is 54.6 Å². The lowest BCUT2D eigenvalue weighted by atomic mass is 10.1. The van der Waals surface area contributed by atoms with Crippen LogP contribution in [0.4, 0.5) is 5.69 Å². The van der Waals surface area contributed by atoms with Crippen LogP contribution in [0.15, 0.2) is 48.5 Å². The fourth-order valence-electron chi connectivity index (χ4n) is 3.04. The summed E-state index contributed by atoms with van der Waals surface area (Å²) in [5.74, 6) is -0.287. The molecule has 0 saturated carbocycles. The summed E-state index contributed by atoms with van der Waals surface area (Å²) in [6.07, 6.45) is 2.58. The number of thioether (sulfide) groups is 1. The number of carbonyl (C=O) groups excluding carboxylic acids is 2. The molecule has 0 fully saturated rings. The summed E-state index contributed by atoms with van der Waals surface area (Å²) in [6, 6.07) is 12.6. The van der Waals surface area contributed by atoms with Gasteiger partial charge >= 0.3 is 5.97 Å². The normalized spacial score (nSPS) is 11.5. The van der Waals surface area contributed by atoms with Crippen molar-refractivity contribution in [3.05, 3.63) is 59.1 Å².